The van der Waals surface area contributed by atoms with E-state index in [0.29, 0.717) is 12.0 Å². The van der Waals surface area contributed by atoms with Crippen LogP contribution in [0.4, 0.5) is 11.4 Å². The maximum atomic E-state index is 11.3. The Morgan fingerprint density at radius 3 is 3.00 bits per heavy atom. The SMILES string of the molecule is Cc1cccc(N2CC3CCCNC3C2)c1[N+](=O)[O-]. The zero-order valence-electron chi connectivity index (χ0n) is 11.1. The molecule has 5 nitrogen and oxygen atoms in total. The highest BCUT2D eigenvalue weighted by Gasteiger charge is 2.36. The largest absolute Gasteiger partial charge is 0.364 e. The van der Waals surface area contributed by atoms with Crippen LogP contribution in [0.2, 0.25) is 0 Å². The number of aryl methyl sites for hydroxylation is 1. The summed E-state index contributed by atoms with van der Waals surface area (Å²) < 4.78 is 0. The molecule has 1 N–H and O–H groups in total. The molecule has 2 aliphatic heterocycles. The number of nitrogens with one attached hydrogen (secondary N) is 1. The summed E-state index contributed by atoms with van der Waals surface area (Å²) in [6.07, 6.45) is 2.44. The molecule has 2 unspecified atom stereocenters. The van der Waals surface area contributed by atoms with Gasteiger partial charge in [0.2, 0.25) is 0 Å². The highest BCUT2D eigenvalue weighted by atomic mass is 16.6. The summed E-state index contributed by atoms with van der Waals surface area (Å²) >= 11 is 0. The number of hydrogen-bond donors (Lipinski definition) is 1. The van der Waals surface area contributed by atoms with Crippen molar-refractivity contribution in [2.45, 2.75) is 25.8 Å². The first-order valence-corrected chi connectivity index (χ1v) is 6.89. The van der Waals surface area contributed by atoms with Gasteiger partial charge in [0.25, 0.3) is 5.69 Å². The number of anilines is 1. The van der Waals surface area contributed by atoms with Gasteiger partial charge in [0.05, 0.1) is 4.92 Å². The number of para-hydroxylation sites is 1. The van der Waals surface area contributed by atoms with Crippen LogP contribution in [0.5, 0.6) is 0 Å². The van der Waals surface area contributed by atoms with Gasteiger partial charge in [0.15, 0.2) is 0 Å². The van der Waals surface area contributed by atoms with Crippen LogP contribution >= 0.6 is 0 Å². The molecule has 0 saturated carbocycles. The van der Waals surface area contributed by atoms with Gasteiger partial charge in [-0.15, -0.1) is 0 Å². The van der Waals surface area contributed by atoms with Crippen molar-refractivity contribution in [3.8, 4) is 0 Å². The molecule has 0 bridgehead atoms. The molecular formula is C14H19N3O2. The Hall–Kier alpha value is -1.62. The van der Waals surface area contributed by atoms with Crippen molar-refractivity contribution in [3.05, 3.63) is 33.9 Å². The summed E-state index contributed by atoms with van der Waals surface area (Å²) in [5, 5.41) is 14.8. The maximum absolute atomic E-state index is 11.3. The third kappa shape index (κ3) is 2.18. The number of rotatable bonds is 2. The molecule has 0 aliphatic carbocycles. The maximum Gasteiger partial charge on any atom is 0.295 e. The second-order valence-corrected chi connectivity index (χ2v) is 5.57. The molecule has 0 amide bonds. The van der Waals surface area contributed by atoms with Crippen LogP contribution in [-0.2, 0) is 0 Å². The number of benzene rings is 1. The van der Waals surface area contributed by atoms with Crippen molar-refractivity contribution in [2.24, 2.45) is 5.92 Å². The van der Waals surface area contributed by atoms with Crippen LogP contribution in [0.25, 0.3) is 0 Å². The molecule has 1 aromatic rings. The van der Waals surface area contributed by atoms with Crippen LogP contribution < -0.4 is 10.2 Å². The van der Waals surface area contributed by atoms with Gasteiger partial charge < -0.3 is 10.2 Å². The average molecular weight is 261 g/mol. The molecule has 2 fully saturated rings. The van der Waals surface area contributed by atoms with Crippen LogP contribution in [0, 0.1) is 23.0 Å². The van der Waals surface area contributed by atoms with Crippen molar-refractivity contribution < 1.29 is 4.92 Å². The predicted octanol–water partition coefficient (Wildman–Crippen LogP) is 2.09. The Balaban J connectivity index is 1.91. The normalized spacial score (nSPS) is 26.3. The molecule has 2 atom stereocenters. The summed E-state index contributed by atoms with van der Waals surface area (Å²) in [5.74, 6) is 0.633. The zero-order valence-corrected chi connectivity index (χ0v) is 11.1. The van der Waals surface area contributed by atoms with E-state index in [1.165, 1.54) is 12.8 Å². The number of piperidine rings is 1. The van der Waals surface area contributed by atoms with E-state index in [4.69, 9.17) is 0 Å². The van der Waals surface area contributed by atoms with Gasteiger partial charge in [-0.2, -0.15) is 0 Å². The fraction of sp³-hybridized carbons (Fsp3) is 0.571. The molecule has 0 spiro atoms. The van der Waals surface area contributed by atoms with E-state index in [2.05, 4.69) is 10.2 Å². The van der Waals surface area contributed by atoms with E-state index in [1.54, 1.807) is 0 Å². The molecule has 2 saturated heterocycles. The monoisotopic (exact) mass is 261 g/mol. The van der Waals surface area contributed by atoms with E-state index < -0.39 is 0 Å². The first-order valence-electron chi connectivity index (χ1n) is 6.89. The predicted molar refractivity (Wildman–Crippen MR) is 74.6 cm³/mol. The van der Waals surface area contributed by atoms with E-state index in [9.17, 15) is 10.1 Å². The third-order valence-electron chi connectivity index (χ3n) is 4.34. The topological polar surface area (TPSA) is 58.4 Å². The minimum Gasteiger partial charge on any atom is -0.364 e. The Bertz CT molecular complexity index is 489. The fourth-order valence-electron chi connectivity index (χ4n) is 3.38. The molecule has 102 valence electrons. The molecular weight excluding hydrogens is 242 g/mol. The van der Waals surface area contributed by atoms with Crippen molar-refractivity contribution in [2.75, 3.05) is 24.5 Å². The molecule has 0 aromatic heterocycles. The van der Waals surface area contributed by atoms with Crippen LogP contribution in [0.15, 0.2) is 18.2 Å². The highest BCUT2D eigenvalue weighted by molar-refractivity contribution is 5.67. The Labute approximate surface area is 112 Å². The summed E-state index contributed by atoms with van der Waals surface area (Å²) in [6.45, 7) is 4.70. The van der Waals surface area contributed by atoms with Gasteiger partial charge in [-0.1, -0.05) is 12.1 Å². The summed E-state index contributed by atoms with van der Waals surface area (Å²) in [4.78, 5) is 13.2. The van der Waals surface area contributed by atoms with Crippen molar-refractivity contribution in [1.29, 1.82) is 0 Å². The number of nitro benzene ring substituents is 1. The van der Waals surface area contributed by atoms with E-state index in [1.807, 2.05) is 25.1 Å². The van der Waals surface area contributed by atoms with Crippen LogP contribution in [0.1, 0.15) is 18.4 Å². The molecule has 0 radical (unpaired) electrons. The summed E-state index contributed by atoms with van der Waals surface area (Å²) in [5.41, 5.74) is 1.78. The lowest BCUT2D eigenvalue weighted by Crippen LogP contribution is -2.40. The van der Waals surface area contributed by atoms with Gasteiger partial charge in [-0.05, 0) is 38.3 Å². The van der Waals surface area contributed by atoms with Crippen LogP contribution in [-0.4, -0.2) is 30.6 Å². The summed E-state index contributed by atoms with van der Waals surface area (Å²) in [6, 6.07) is 6.09. The molecule has 3 rings (SSSR count). The van der Waals surface area contributed by atoms with E-state index in [0.717, 1.165) is 30.9 Å². The standard InChI is InChI=1S/C14H19N3O2/c1-10-4-2-6-13(14(10)17(18)19)16-8-11-5-3-7-15-12(11)9-16/h2,4,6,11-12,15H,3,5,7-9H2,1H3. The van der Waals surface area contributed by atoms with Gasteiger partial charge in [-0.3, -0.25) is 10.1 Å². The van der Waals surface area contributed by atoms with Crippen molar-refractivity contribution in [3.63, 3.8) is 0 Å². The zero-order chi connectivity index (χ0) is 13.4. The second-order valence-electron chi connectivity index (χ2n) is 5.57. The number of fused-ring (bicyclic) bond motifs is 1. The molecule has 2 heterocycles. The quantitative estimate of drug-likeness (QED) is 0.654. The minimum atomic E-state index is -0.250. The Morgan fingerprint density at radius 2 is 2.26 bits per heavy atom. The third-order valence-corrected chi connectivity index (χ3v) is 4.34. The van der Waals surface area contributed by atoms with Gasteiger partial charge >= 0.3 is 0 Å². The Morgan fingerprint density at radius 1 is 1.42 bits per heavy atom. The Kier molecular flexibility index (Phi) is 3.14. The number of nitro groups is 1. The lowest BCUT2D eigenvalue weighted by molar-refractivity contribution is -0.384. The lowest BCUT2D eigenvalue weighted by Gasteiger charge is -2.24. The van der Waals surface area contributed by atoms with Gasteiger partial charge in [0.1, 0.15) is 5.69 Å². The molecule has 2 aliphatic rings. The fourth-order valence-corrected chi connectivity index (χ4v) is 3.38. The first-order chi connectivity index (χ1) is 9.16. The van der Waals surface area contributed by atoms with Gasteiger partial charge in [-0.25, -0.2) is 0 Å². The lowest BCUT2D eigenvalue weighted by atomic mass is 9.94. The van der Waals surface area contributed by atoms with Gasteiger partial charge in [0, 0.05) is 24.7 Å². The minimum absolute atomic E-state index is 0.250. The second kappa shape index (κ2) is 4.81. The number of hydrogen-bond acceptors (Lipinski definition) is 4. The highest BCUT2D eigenvalue weighted by Crippen LogP contribution is 2.36. The van der Waals surface area contributed by atoms with Crippen molar-refractivity contribution >= 4 is 11.4 Å². The van der Waals surface area contributed by atoms with Crippen LogP contribution in [0.3, 0.4) is 0 Å². The average Bonchev–Trinajstić information content (AvgIpc) is 2.81. The number of nitrogens with zero attached hydrogens (tertiary/aromatic N) is 2. The first kappa shape index (κ1) is 12.4. The van der Waals surface area contributed by atoms with Crippen molar-refractivity contribution in [1.82, 2.24) is 5.32 Å². The van der Waals surface area contributed by atoms with E-state index in [-0.39, 0.29) is 10.6 Å². The molecule has 19 heavy (non-hydrogen) atoms. The summed E-state index contributed by atoms with van der Waals surface area (Å²) in [7, 11) is 0. The smallest absolute Gasteiger partial charge is 0.295 e. The van der Waals surface area contributed by atoms with E-state index >= 15 is 0 Å². The molecule has 5 heteroatoms. The molecule has 1 aromatic carbocycles.